The van der Waals surface area contributed by atoms with Crippen LogP contribution in [0.4, 0.5) is 10.7 Å². The molecule has 1 aromatic carbocycles. The van der Waals surface area contributed by atoms with Crippen LogP contribution in [0.3, 0.4) is 0 Å². The number of aryl methyl sites for hydroxylation is 1. The minimum absolute atomic E-state index is 0.305. The Balaban J connectivity index is 2.05. The van der Waals surface area contributed by atoms with E-state index in [0.717, 1.165) is 48.3 Å². The standard InChI is InChI=1S/C17H13N3O5S/c18-8-11-9-4-1-2-7-13(9)26-16(11)19-15(21)14-10(17(22)23)5-3-6-12(14)20(24)25/h3,5-6H,1-2,4,7H2,(H,19,21)(H,22,23). The molecule has 8 nitrogen and oxygen atoms in total. The minimum atomic E-state index is -1.44. The van der Waals surface area contributed by atoms with Crippen LogP contribution < -0.4 is 5.32 Å². The van der Waals surface area contributed by atoms with E-state index in [0.29, 0.717) is 10.6 Å². The van der Waals surface area contributed by atoms with Crippen LogP contribution in [0.25, 0.3) is 0 Å². The summed E-state index contributed by atoms with van der Waals surface area (Å²) in [5.41, 5.74) is -0.326. The lowest BCUT2D eigenvalue weighted by atomic mass is 9.96. The third-order valence-corrected chi connectivity index (χ3v) is 5.41. The fourth-order valence-corrected chi connectivity index (χ4v) is 4.28. The number of nitrogens with one attached hydrogen (secondary N) is 1. The molecule has 3 rings (SSSR count). The molecule has 1 aromatic heterocycles. The van der Waals surface area contributed by atoms with Crippen LogP contribution in [0.2, 0.25) is 0 Å². The smallest absolute Gasteiger partial charge is 0.336 e. The van der Waals surface area contributed by atoms with E-state index in [-0.39, 0.29) is 0 Å². The number of carbonyl (C=O) groups is 2. The summed E-state index contributed by atoms with van der Waals surface area (Å²) in [5.74, 6) is -2.35. The predicted molar refractivity (Wildman–Crippen MR) is 93.7 cm³/mol. The van der Waals surface area contributed by atoms with Crippen LogP contribution in [0, 0.1) is 21.4 Å². The van der Waals surface area contributed by atoms with Gasteiger partial charge in [-0.2, -0.15) is 5.26 Å². The Bertz CT molecular complexity index is 941. The Hall–Kier alpha value is -3.25. The van der Waals surface area contributed by atoms with E-state index in [1.807, 2.05) is 0 Å². The molecule has 0 unspecified atom stereocenters. The SMILES string of the molecule is N#Cc1c(NC(=O)c2c(C(=O)O)cccc2[N+](=O)[O-])sc2c1CCCC2. The van der Waals surface area contributed by atoms with E-state index in [1.54, 1.807) is 0 Å². The summed E-state index contributed by atoms with van der Waals surface area (Å²) in [4.78, 5) is 35.5. The fourth-order valence-electron chi connectivity index (χ4n) is 3.05. The summed E-state index contributed by atoms with van der Waals surface area (Å²) in [6, 6.07) is 5.50. The zero-order chi connectivity index (χ0) is 18.8. The first kappa shape index (κ1) is 17.6. The first-order valence-corrected chi connectivity index (χ1v) is 8.62. The van der Waals surface area contributed by atoms with Crippen LogP contribution >= 0.6 is 11.3 Å². The highest BCUT2D eigenvalue weighted by molar-refractivity contribution is 7.16. The molecule has 1 aliphatic carbocycles. The van der Waals surface area contributed by atoms with Crippen molar-refractivity contribution in [3.05, 3.63) is 55.4 Å². The number of fused-ring (bicyclic) bond motifs is 1. The molecule has 0 bridgehead atoms. The molecule has 0 spiro atoms. The number of thiophene rings is 1. The zero-order valence-electron chi connectivity index (χ0n) is 13.4. The number of nitrogens with zero attached hydrogens (tertiary/aromatic N) is 2. The van der Waals surface area contributed by atoms with Gasteiger partial charge in [-0.1, -0.05) is 6.07 Å². The van der Waals surface area contributed by atoms with Gasteiger partial charge in [-0.25, -0.2) is 4.79 Å². The number of nitro groups is 1. The summed E-state index contributed by atoms with van der Waals surface area (Å²) in [6.45, 7) is 0. The number of nitriles is 1. The van der Waals surface area contributed by atoms with Gasteiger partial charge < -0.3 is 10.4 Å². The molecular weight excluding hydrogens is 358 g/mol. The van der Waals surface area contributed by atoms with Gasteiger partial charge in [0.05, 0.1) is 16.1 Å². The van der Waals surface area contributed by atoms with Crippen LogP contribution in [0.1, 0.15) is 49.6 Å². The van der Waals surface area contributed by atoms with Gasteiger partial charge >= 0.3 is 5.97 Å². The fraction of sp³-hybridized carbons (Fsp3) is 0.235. The van der Waals surface area contributed by atoms with Crippen molar-refractivity contribution >= 4 is 33.9 Å². The van der Waals surface area contributed by atoms with Crippen molar-refractivity contribution < 1.29 is 19.6 Å². The van der Waals surface area contributed by atoms with E-state index < -0.39 is 33.6 Å². The second-order valence-electron chi connectivity index (χ2n) is 5.74. The maximum absolute atomic E-state index is 12.7. The molecule has 1 heterocycles. The quantitative estimate of drug-likeness (QED) is 0.625. The Kier molecular flexibility index (Phi) is 4.69. The maximum atomic E-state index is 12.7. The van der Waals surface area contributed by atoms with E-state index in [2.05, 4.69) is 11.4 Å². The highest BCUT2D eigenvalue weighted by Crippen LogP contribution is 2.38. The number of amides is 1. The number of nitro benzene ring substituents is 1. The van der Waals surface area contributed by atoms with Gasteiger partial charge in [0.1, 0.15) is 16.6 Å². The largest absolute Gasteiger partial charge is 0.478 e. The van der Waals surface area contributed by atoms with Crippen molar-refractivity contribution in [3.63, 3.8) is 0 Å². The van der Waals surface area contributed by atoms with Gasteiger partial charge in [-0.05, 0) is 37.3 Å². The lowest BCUT2D eigenvalue weighted by Crippen LogP contribution is -2.18. The minimum Gasteiger partial charge on any atom is -0.478 e. The van der Waals surface area contributed by atoms with E-state index in [9.17, 15) is 30.1 Å². The highest BCUT2D eigenvalue weighted by atomic mass is 32.1. The topological polar surface area (TPSA) is 133 Å². The number of carboxylic acid groups (broad SMARTS) is 1. The van der Waals surface area contributed by atoms with Crippen molar-refractivity contribution in [3.8, 4) is 6.07 Å². The number of aromatic carboxylic acids is 1. The van der Waals surface area contributed by atoms with Crippen LogP contribution in [0.15, 0.2) is 18.2 Å². The van der Waals surface area contributed by atoms with Gasteiger partial charge in [0.15, 0.2) is 0 Å². The molecule has 0 aliphatic heterocycles. The first-order chi connectivity index (χ1) is 12.4. The molecule has 1 aliphatic rings. The Morgan fingerprint density at radius 1 is 1.31 bits per heavy atom. The number of benzene rings is 1. The van der Waals surface area contributed by atoms with Gasteiger partial charge in [0.2, 0.25) is 0 Å². The molecular formula is C17H13N3O5S. The number of hydrogen-bond donors (Lipinski definition) is 2. The summed E-state index contributed by atoms with van der Waals surface area (Å²) in [6.07, 6.45) is 3.52. The molecule has 2 N–H and O–H groups in total. The molecule has 9 heteroatoms. The molecule has 0 atom stereocenters. The third-order valence-electron chi connectivity index (χ3n) is 4.21. The zero-order valence-corrected chi connectivity index (χ0v) is 14.3. The van der Waals surface area contributed by atoms with Crippen molar-refractivity contribution in [1.82, 2.24) is 0 Å². The predicted octanol–water partition coefficient (Wildman–Crippen LogP) is 3.36. The molecule has 0 fully saturated rings. The summed E-state index contributed by atoms with van der Waals surface area (Å²) < 4.78 is 0. The average molecular weight is 371 g/mol. The number of rotatable bonds is 4. The molecule has 132 valence electrons. The van der Waals surface area contributed by atoms with Crippen LogP contribution in [0.5, 0.6) is 0 Å². The lowest BCUT2D eigenvalue weighted by Gasteiger charge is -2.09. The number of anilines is 1. The van der Waals surface area contributed by atoms with Crippen molar-refractivity contribution in [2.45, 2.75) is 25.7 Å². The molecule has 0 radical (unpaired) electrons. The first-order valence-electron chi connectivity index (χ1n) is 7.80. The summed E-state index contributed by atoms with van der Waals surface area (Å²) in [5, 5.41) is 32.7. The number of carbonyl (C=O) groups excluding carboxylic acids is 1. The number of carboxylic acids is 1. The Labute approximate surface area is 151 Å². The van der Waals surface area contributed by atoms with E-state index >= 15 is 0 Å². The molecule has 0 saturated heterocycles. The summed E-state index contributed by atoms with van der Waals surface area (Å²) >= 11 is 1.27. The van der Waals surface area contributed by atoms with Crippen LogP contribution in [-0.4, -0.2) is 21.9 Å². The van der Waals surface area contributed by atoms with Crippen molar-refractivity contribution in [2.75, 3.05) is 5.32 Å². The maximum Gasteiger partial charge on any atom is 0.336 e. The third kappa shape index (κ3) is 3.02. The van der Waals surface area contributed by atoms with E-state index in [4.69, 9.17) is 0 Å². The average Bonchev–Trinajstić information content (AvgIpc) is 2.97. The molecule has 0 saturated carbocycles. The van der Waals surface area contributed by atoms with Gasteiger partial charge in [-0.15, -0.1) is 11.3 Å². The second-order valence-corrected chi connectivity index (χ2v) is 6.85. The van der Waals surface area contributed by atoms with Crippen LogP contribution in [-0.2, 0) is 12.8 Å². The van der Waals surface area contributed by atoms with Crippen molar-refractivity contribution in [1.29, 1.82) is 5.26 Å². The highest BCUT2D eigenvalue weighted by Gasteiger charge is 2.29. The van der Waals surface area contributed by atoms with E-state index in [1.165, 1.54) is 17.4 Å². The Morgan fingerprint density at radius 3 is 2.69 bits per heavy atom. The second kappa shape index (κ2) is 6.93. The van der Waals surface area contributed by atoms with Gasteiger partial charge in [-0.3, -0.25) is 14.9 Å². The van der Waals surface area contributed by atoms with Gasteiger partial charge in [0.25, 0.3) is 11.6 Å². The monoisotopic (exact) mass is 371 g/mol. The Morgan fingerprint density at radius 2 is 2.04 bits per heavy atom. The molecule has 1 amide bonds. The number of hydrogen-bond acceptors (Lipinski definition) is 6. The molecule has 26 heavy (non-hydrogen) atoms. The summed E-state index contributed by atoms with van der Waals surface area (Å²) in [7, 11) is 0. The lowest BCUT2D eigenvalue weighted by molar-refractivity contribution is -0.385. The normalized spacial score (nSPS) is 12.7. The molecule has 2 aromatic rings. The van der Waals surface area contributed by atoms with Gasteiger partial charge in [0, 0.05) is 10.9 Å². The van der Waals surface area contributed by atoms with Crippen molar-refractivity contribution in [2.24, 2.45) is 0 Å².